The van der Waals surface area contributed by atoms with E-state index in [1.807, 2.05) is 6.92 Å². The third-order valence-corrected chi connectivity index (χ3v) is 4.10. The summed E-state index contributed by atoms with van der Waals surface area (Å²) >= 11 is 0. The van der Waals surface area contributed by atoms with Gasteiger partial charge < -0.3 is 14.6 Å². The van der Waals surface area contributed by atoms with Gasteiger partial charge in [0, 0.05) is 0 Å². The van der Waals surface area contributed by atoms with Gasteiger partial charge in [-0.1, -0.05) is 20.8 Å². The number of carbonyl (C=O) groups is 1. The zero-order chi connectivity index (χ0) is 13.6. The summed E-state index contributed by atoms with van der Waals surface area (Å²) in [6.07, 6.45) is 2.40. The second-order valence-electron chi connectivity index (χ2n) is 6.16. The maximum Gasteiger partial charge on any atom is 0.371 e. The summed E-state index contributed by atoms with van der Waals surface area (Å²) in [5, 5.41) is 19.6. The fourth-order valence-corrected chi connectivity index (χ4v) is 2.93. The summed E-state index contributed by atoms with van der Waals surface area (Å²) in [4.78, 5) is 10.8. The highest BCUT2D eigenvalue weighted by Crippen LogP contribution is 2.48. The summed E-state index contributed by atoms with van der Waals surface area (Å²) < 4.78 is 5.28. The molecule has 0 bridgehead atoms. The molecule has 0 radical (unpaired) electrons. The molecule has 1 fully saturated rings. The first-order chi connectivity index (χ1) is 8.24. The van der Waals surface area contributed by atoms with E-state index in [0.717, 1.165) is 12.8 Å². The number of rotatable bonds is 2. The highest BCUT2D eigenvalue weighted by atomic mass is 16.4. The van der Waals surface area contributed by atoms with E-state index in [0.29, 0.717) is 12.2 Å². The van der Waals surface area contributed by atoms with Gasteiger partial charge in [0.1, 0.15) is 11.4 Å². The molecule has 0 saturated heterocycles. The lowest BCUT2D eigenvalue weighted by atomic mass is 9.65. The Morgan fingerprint density at radius 2 is 2.06 bits per heavy atom. The highest BCUT2D eigenvalue weighted by molar-refractivity contribution is 5.84. The molecule has 18 heavy (non-hydrogen) atoms. The fraction of sp³-hybridized carbons (Fsp3) is 0.643. The Morgan fingerprint density at radius 3 is 2.56 bits per heavy atom. The third kappa shape index (κ3) is 2.17. The van der Waals surface area contributed by atoms with Gasteiger partial charge in [0.05, 0.1) is 0 Å². The minimum absolute atomic E-state index is 0.0500. The second-order valence-corrected chi connectivity index (χ2v) is 6.16. The van der Waals surface area contributed by atoms with Crippen molar-refractivity contribution in [1.29, 1.82) is 0 Å². The van der Waals surface area contributed by atoms with Gasteiger partial charge in [-0.2, -0.15) is 0 Å². The van der Waals surface area contributed by atoms with E-state index in [4.69, 9.17) is 9.52 Å². The van der Waals surface area contributed by atoms with E-state index < -0.39 is 11.6 Å². The lowest BCUT2D eigenvalue weighted by Crippen LogP contribution is -2.41. The summed E-state index contributed by atoms with van der Waals surface area (Å²) in [7, 11) is 0. The van der Waals surface area contributed by atoms with Crippen LogP contribution in [0.5, 0.6) is 0 Å². The molecule has 1 saturated carbocycles. The van der Waals surface area contributed by atoms with E-state index in [1.165, 1.54) is 6.07 Å². The lowest BCUT2D eigenvalue weighted by molar-refractivity contribution is -0.0913. The largest absolute Gasteiger partial charge is 0.475 e. The van der Waals surface area contributed by atoms with E-state index in [-0.39, 0.29) is 17.1 Å². The van der Waals surface area contributed by atoms with Gasteiger partial charge in [-0.25, -0.2) is 4.79 Å². The quantitative estimate of drug-likeness (QED) is 0.848. The first-order valence-corrected chi connectivity index (χ1v) is 6.31. The lowest BCUT2D eigenvalue weighted by Gasteiger charge is -2.44. The van der Waals surface area contributed by atoms with E-state index in [2.05, 4.69) is 13.8 Å². The standard InChI is InChI=1S/C14H20O4/c1-9-8-13(2,3)6-7-14(9,17)11-5-4-10(18-11)12(15)16/h4-5,9,17H,6-8H2,1-3H3,(H,15,16). The molecule has 4 nitrogen and oxygen atoms in total. The smallest absolute Gasteiger partial charge is 0.371 e. The van der Waals surface area contributed by atoms with Crippen molar-refractivity contribution in [2.24, 2.45) is 11.3 Å². The van der Waals surface area contributed by atoms with Crippen molar-refractivity contribution in [2.45, 2.75) is 45.6 Å². The van der Waals surface area contributed by atoms with Crippen LogP contribution in [0.15, 0.2) is 16.5 Å². The number of furan rings is 1. The SMILES string of the molecule is CC1CC(C)(C)CCC1(O)c1ccc(C(=O)O)o1. The minimum Gasteiger partial charge on any atom is -0.475 e. The Kier molecular flexibility index (Phi) is 3.01. The van der Waals surface area contributed by atoms with Crippen molar-refractivity contribution < 1.29 is 19.4 Å². The number of carboxylic acid groups (broad SMARTS) is 1. The molecule has 0 aliphatic heterocycles. The van der Waals surface area contributed by atoms with Crippen LogP contribution in [-0.4, -0.2) is 16.2 Å². The number of hydrogen-bond acceptors (Lipinski definition) is 3. The summed E-state index contributed by atoms with van der Waals surface area (Å²) in [5.74, 6) is -0.791. The van der Waals surface area contributed by atoms with Crippen molar-refractivity contribution in [1.82, 2.24) is 0 Å². The fourth-order valence-electron chi connectivity index (χ4n) is 2.93. The summed E-state index contributed by atoms with van der Waals surface area (Å²) in [6, 6.07) is 2.99. The number of carboxylic acids is 1. The van der Waals surface area contributed by atoms with Gasteiger partial charge >= 0.3 is 5.97 Å². The van der Waals surface area contributed by atoms with E-state index in [9.17, 15) is 9.90 Å². The zero-order valence-corrected chi connectivity index (χ0v) is 11.1. The molecule has 1 aliphatic rings. The van der Waals surface area contributed by atoms with Crippen LogP contribution in [0.4, 0.5) is 0 Å². The zero-order valence-electron chi connectivity index (χ0n) is 11.1. The molecule has 1 aromatic rings. The average Bonchev–Trinajstić information content (AvgIpc) is 2.73. The van der Waals surface area contributed by atoms with Crippen LogP contribution in [0.3, 0.4) is 0 Å². The Hall–Kier alpha value is -1.29. The highest BCUT2D eigenvalue weighted by Gasteiger charge is 2.45. The van der Waals surface area contributed by atoms with Crippen LogP contribution in [-0.2, 0) is 5.60 Å². The maximum atomic E-state index is 10.8. The molecule has 1 aliphatic carbocycles. The maximum absolute atomic E-state index is 10.8. The molecule has 4 heteroatoms. The first kappa shape index (κ1) is 13.1. The molecule has 0 spiro atoms. The van der Waals surface area contributed by atoms with Crippen LogP contribution in [0.2, 0.25) is 0 Å². The van der Waals surface area contributed by atoms with Crippen molar-refractivity contribution >= 4 is 5.97 Å². The third-order valence-electron chi connectivity index (χ3n) is 4.10. The molecule has 1 heterocycles. The Bertz CT molecular complexity index is 460. The predicted octanol–water partition coefficient (Wildman–Crippen LogP) is 3.01. The topological polar surface area (TPSA) is 70.7 Å². The summed E-state index contributed by atoms with van der Waals surface area (Å²) in [6.45, 7) is 6.37. The van der Waals surface area contributed by atoms with Crippen molar-refractivity contribution in [3.05, 3.63) is 23.7 Å². The Morgan fingerprint density at radius 1 is 1.39 bits per heavy atom. The molecule has 2 N–H and O–H groups in total. The molecule has 0 aromatic carbocycles. The normalized spacial score (nSPS) is 31.2. The van der Waals surface area contributed by atoms with Gasteiger partial charge in [0.2, 0.25) is 5.76 Å². The molecule has 2 atom stereocenters. The minimum atomic E-state index is -1.10. The molecular weight excluding hydrogens is 232 g/mol. The first-order valence-electron chi connectivity index (χ1n) is 6.31. The van der Waals surface area contributed by atoms with Crippen molar-refractivity contribution in [2.75, 3.05) is 0 Å². The van der Waals surface area contributed by atoms with Gasteiger partial charge in [0.15, 0.2) is 0 Å². The number of hydrogen-bond donors (Lipinski definition) is 2. The van der Waals surface area contributed by atoms with Crippen LogP contribution < -0.4 is 0 Å². The molecule has 2 unspecified atom stereocenters. The van der Waals surface area contributed by atoms with E-state index in [1.54, 1.807) is 6.07 Å². The average molecular weight is 252 g/mol. The van der Waals surface area contributed by atoms with Gasteiger partial charge in [0.25, 0.3) is 0 Å². The number of aliphatic hydroxyl groups is 1. The van der Waals surface area contributed by atoms with E-state index >= 15 is 0 Å². The predicted molar refractivity (Wildman–Crippen MR) is 66.4 cm³/mol. The number of aromatic carboxylic acids is 1. The molecule has 1 aromatic heterocycles. The van der Waals surface area contributed by atoms with Crippen LogP contribution >= 0.6 is 0 Å². The van der Waals surface area contributed by atoms with Gasteiger partial charge in [-0.15, -0.1) is 0 Å². The molecule has 2 rings (SSSR count). The monoisotopic (exact) mass is 252 g/mol. The molecule has 0 amide bonds. The van der Waals surface area contributed by atoms with Crippen LogP contribution in [0.25, 0.3) is 0 Å². The van der Waals surface area contributed by atoms with Gasteiger partial charge in [-0.3, -0.25) is 0 Å². The molecular formula is C14H20O4. The Balaban J connectivity index is 2.28. The van der Waals surface area contributed by atoms with Gasteiger partial charge in [-0.05, 0) is 42.7 Å². The second kappa shape index (κ2) is 4.12. The van der Waals surface area contributed by atoms with Crippen LogP contribution in [0.1, 0.15) is 56.3 Å². The van der Waals surface area contributed by atoms with Crippen molar-refractivity contribution in [3.63, 3.8) is 0 Å². The molecule has 100 valence electrons. The van der Waals surface area contributed by atoms with Crippen molar-refractivity contribution in [3.8, 4) is 0 Å². The summed E-state index contributed by atoms with van der Waals surface area (Å²) in [5.41, 5.74) is -0.822. The Labute approximate surface area is 107 Å². The van der Waals surface area contributed by atoms with Crippen LogP contribution in [0, 0.1) is 11.3 Å².